The largest absolute Gasteiger partial charge is 0.497 e. The number of hydrogen-bond acceptors (Lipinski definition) is 5. The van der Waals surface area contributed by atoms with Crippen molar-refractivity contribution in [1.82, 2.24) is 15.6 Å². The minimum Gasteiger partial charge on any atom is -0.497 e. The molecule has 1 unspecified atom stereocenters. The van der Waals surface area contributed by atoms with Gasteiger partial charge in [-0.25, -0.2) is 0 Å². The lowest BCUT2D eigenvalue weighted by Gasteiger charge is -2.21. The van der Waals surface area contributed by atoms with Gasteiger partial charge in [-0.15, -0.1) is 24.0 Å². The molecule has 30 heavy (non-hydrogen) atoms. The second kappa shape index (κ2) is 11.8. The van der Waals surface area contributed by atoms with Crippen molar-refractivity contribution in [2.24, 2.45) is 4.99 Å². The lowest BCUT2D eigenvalue weighted by molar-refractivity contribution is 0.394. The van der Waals surface area contributed by atoms with Gasteiger partial charge in [0.05, 0.1) is 14.2 Å². The van der Waals surface area contributed by atoms with Crippen LogP contribution in [0.3, 0.4) is 0 Å². The first kappa shape index (κ1) is 24.0. The third kappa shape index (κ3) is 6.38. The minimum absolute atomic E-state index is 0. The van der Waals surface area contributed by atoms with Crippen LogP contribution in [0, 0.1) is 6.92 Å². The number of methoxy groups -OCH3 is 2. The van der Waals surface area contributed by atoms with Crippen molar-refractivity contribution in [1.29, 1.82) is 0 Å². The van der Waals surface area contributed by atoms with E-state index in [-0.39, 0.29) is 24.0 Å². The number of benzene rings is 1. The van der Waals surface area contributed by atoms with E-state index < -0.39 is 0 Å². The van der Waals surface area contributed by atoms with E-state index in [4.69, 9.17) is 9.47 Å². The van der Waals surface area contributed by atoms with E-state index in [2.05, 4.69) is 50.6 Å². The Kier molecular flexibility index (Phi) is 9.48. The Balaban J connectivity index is 0.00000320. The van der Waals surface area contributed by atoms with E-state index in [1.54, 1.807) is 14.2 Å². The van der Waals surface area contributed by atoms with Crippen LogP contribution in [0.15, 0.2) is 41.7 Å². The van der Waals surface area contributed by atoms with Crippen LogP contribution in [0.5, 0.6) is 11.5 Å². The van der Waals surface area contributed by atoms with E-state index in [1.165, 1.54) is 11.1 Å². The Morgan fingerprint density at radius 3 is 2.60 bits per heavy atom. The average molecular weight is 525 g/mol. The van der Waals surface area contributed by atoms with Crippen LogP contribution in [-0.2, 0) is 6.42 Å². The number of hydrogen-bond donors (Lipinski definition) is 2. The molecule has 0 bridgehead atoms. The fraction of sp³-hybridized carbons (Fsp3) is 0.455. The number of aryl methyl sites for hydroxylation is 1. The molecule has 2 aromatic rings. The zero-order valence-corrected chi connectivity index (χ0v) is 20.5. The van der Waals surface area contributed by atoms with Crippen molar-refractivity contribution in [2.45, 2.75) is 25.8 Å². The van der Waals surface area contributed by atoms with Crippen LogP contribution >= 0.6 is 24.0 Å². The molecule has 1 aliphatic heterocycles. The van der Waals surface area contributed by atoms with E-state index >= 15 is 0 Å². The van der Waals surface area contributed by atoms with Gasteiger partial charge in [0.25, 0.3) is 0 Å². The number of aromatic nitrogens is 1. The molecule has 1 aromatic heterocycles. The molecule has 0 aliphatic carbocycles. The summed E-state index contributed by atoms with van der Waals surface area (Å²) in [4.78, 5) is 10.9. The third-order valence-corrected chi connectivity index (χ3v) is 5.28. The molecule has 1 aromatic carbocycles. The second-order valence-electron chi connectivity index (χ2n) is 7.20. The highest BCUT2D eigenvalue weighted by Gasteiger charge is 2.24. The van der Waals surface area contributed by atoms with E-state index in [9.17, 15) is 0 Å². The van der Waals surface area contributed by atoms with Crippen LogP contribution < -0.4 is 25.0 Å². The first-order valence-corrected chi connectivity index (χ1v) is 9.97. The quantitative estimate of drug-likeness (QED) is 0.329. The van der Waals surface area contributed by atoms with Crippen molar-refractivity contribution >= 4 is 35.6 Å². The number of nitrogens with zero attached hydrogens (tertiary/aromatic N) is 3. The van der Waals surface area contributed by atoms with Gasteiger partial charge < -0.3 is 25.0 Å². The predicted molar refractivity (Wildman–Crippen MR) is 133 cm³/mol. The fourth-order valence-corrected chi connectivity index (χ4v) is 3.57. The maximum absolute atomic E-state index is 5.40. The van der Waals surface area contributed by atoms with Crippen LogP contribution in [0.2, 0.25) is 0 Å². The summed E-state index contributed by atoms with van der Waals surface area (Å²) < 4.78 is 10.8. The van der Waals surface area contributed by atoms with Gasteiger partial charge in [0.1, 0.15) is 11.5 Å². The highest BCUT2D eigenvalue weighted by molar-refractivity contribution is 14.0. The van der Waals surface area contributed by atoms with Gasteiger partial charge in [-0.3, -0.25) is 9.98 Å². The van der Waals surface area contributed by atoms with Gasteiger partial charge >= 0.3 is 0 Å². The van der Waals surface area contributed by atoms with Crippen LogP contribution in [0.25, 0.3) is 0 Å². The number of rotatable bonds is 7. The number of nitrogens with one attached hydrogen (secondary N) is 2. The monoisotopic (exact) mass is 525 g/mol. The predicted octanol–water partition coefficient (Wildman–Crippen LogP) is 3.01. The Labute approximate surface area is 196 Å². The van der Waals surface area contributed by atoms with E-state index in [1.807, 2.05) is 25.5 Å². The van der Waals surface area contributed by atoms with Gasteiger partial charge in [-0.1, -0.05) is 0 Å². The average Bonchev–Trinajstić information content (AvgIpc) is 3.22. The number of pyridine rings is 1. The van der Waals surface area contributed by atoms with Crippen molar-refractivity contribution in [2.75, 3.05) is 45.8 Å². The van der Waals surface area contributed by atoms with Gasteiger partial charge in [0.15, 0.2) is 5.96 Å². The number of guanidine groups is 1. The van der Waals surface area contributed by atoms with Crippen molar-refractivity contribution in [3.8, 4) is 11.5 Å². The molecule has 1 saturated heterocycles. The summed E-state index contributed by atoms with van der Waals surface area (Å²) in [6.07, 6.45) is 5.73. The summed E-state index contributed by atoms with van der Waals surface area (Å²) in [6.45, 7) is 4.80. The molecule has 0 saturated carbocycles. The summed E-state index contributed by atoms with van der Waals surface area (Å²) in [5.41, 5.74) is 3.64. The third-order valence-electron chi connectivity index (χ3n) is 5.28. The van der Waals surface area contributed by atoms with Gasteiger partial charge in [0.2, 0.25) is 0 Å². The highest BCUT2D eigenvalue weighted by Crippen LogP contribution is 2.30. The topological polar surface area (TPSA) is 71.0 Å². The minimum atomic E-state index is 0. The molecule has 2 N–H and O–H groups in total. The lowest BCUT2D eigenvalue weighted by atomic mass is 10.1. The van der Waals surface area contributed by atoms with Gasteiger partial charge in [0, 0.05) is 69.0 Å². The van der Waals surface area contributed by atoms with E-state index in [0.717, 1.165) is 55.6 Å². The molecular formula is C22H32IN5O2. The molecule has 1 atom stereocenters. The standard InChI is InChI=1S/C22H31N5O2.HI/c1-16-14-24-8-5-17(16)6-9-25-22(23-2)26-18-7-10-27(15-18)19-11-20(28-3)13-21(12-19)29-4;/h5,8,11-14,18H,6-7,9-10,15H2,1-4H3,(H2,23,25,26);1H. The summed E-state index contributed by atoms with van der Waals surface area (Å²) in [7, 11) is 5.17. The molecule has 1 aliphatic rings. The molecule has 1 fully saturated rings. The number of ether oxygens (including phenoxy) is 2. The summed E-state index contributed by atoms with van der Waals surface area (Å²) in [5.74, 6) is 2.45. The normalized spacial score (nSPS) is 16.1. The first-order valence-electron chi connectivity index (χ1n) is 9.97. The summed E-state index contributed by atoms with van der Waals surface area (Å²) in [6, 6.07) is 8.40. The van der Waals surface area contributed by atoms with Crippen molar-refractivity contribution < 1.29 is 9.47 Å². The summed E-state index contributed by atoms with van der Waals surface area (Å²) in [5, 5.41) is 6.97. The Hall–Kier alpha value is -2.23. The SMILES string of the molecule is CN=C(NCCc1ccncc1C)NC1CCN(c2cc(OC)cc(OC)c2)C1.I. The first-order chi connectivity index (χ1) is 14.1. The van der Waals surface area contributed by atoms with Crippen molar-refractivity contribution in [3.05, 3.63) is 47.8 Å². The second-order valence-corrected chi connectivity index (χ2v) is 7.20. The smallest absolute Gasteiger partial charge is 0.191 e. The lowest BCUT2D eigenvalue weighted by Crippen LogP contribution is -2.45. The van der Waals surface area contributed by atoms with E-state index in [0.29, 0.717) is 6.04 Å². The van der Waals surface area contributed by atoms with Crippen molar-refractivity contribution in [3.63, 3.8) is 0 Å². The summed E-state index contributed by atoms with van der Waals surface area (Å²) >= 11 is 0. The highest BCUT2D eigenvalue weighted by atomic mass is 127. The maximum atomic E-state index is 5.40. The van der Waals surface area contributed by atoms with Crippen LogP contribution in [-0.4, -0.2) is 57.9 Å². The Morgan fingerprint density at radius 2 is 1.97 bits per heavy atom. The van der Waals surface area contributed by atoms with Gasteiger partial charge in [-0.05, 0) is 37.0 Å². The molecule has 0 radical (unpaired) electrons. The Morgan fingerprint density at radius 1 is 1.23 bits per heavy atom. The van der Waals surface area contributed by atoms with Crippen LogP contribution in [0.4, 0.5) is 5.69 Å². The molecule has 3 rings (SSSR count). The molecule has 8 heteroatoms. The molecule has 164 valence electrons. The molecule has 2 heterocycles. The molecular weight excluding hydrogens is 493 g/mol. The molecule has 7 nitrogen and oxygen atoms in total. The van der Waals surface area contributed by atoms with Gasteiger partial charge in [-0.2, -0.15) is 0 Å². The maximum Gasteiger partial charge on any atom is 0.191 e. The number of aliphatic imine (C=N–C) groups is 1. The number of halogens is 1. The molecule has 0 amide bonds. The molecule has 0 spiro atoms. The fourth-order valence-electron chi connectivity index (χ4n) is 3.57. The van der Waals surface area contributed by atoms with Crippen LogP contribution in [0.1, 0.15) is 17.5 Å². The Bertz CT molecular complexity index is 824. The zero-order valence-electron chi connectivity index (χ0n) is 18.1. The number of anilines is 1. The zero-order chi connectivity index (χ0) is 20.6.